The Hall–Kier alpha value is -0.610. The van der Waals surface area contributed by atoms with Crippen LogP contribution in [0.5, 0.6) is 0 Å². The second-order valence-electron chi connectivity index (χ2n) is 6.59. The molecule has 4 nitrogen and oxygen atoms in total. The molecule has 1 aliphatic carbocycles. The van der Waals surface area contributed by atoms with Gasteiger partial charge in [0, 0.05) is 13.2 Å². The molecule has 0 bridgehead atoms. The van der Waals surface area contributed by atoms with Crippen LogP contribution in [0.2, 0.25) is 0 Å². The molecule has 0 unspecified atom stereocenters. The number of hydrogen-bond acceptors (Lipinski definition) is 3. The molecule has 1 aliphatic rings. The summed E-state index contributed by atoms with van der Waals surface area (Å²) in [5.41, 5.74) is 0. The van der Waals surface area contributed by atoms with Crippen molar-refractivity contribution in [2.45, 2.75) is 89.6 Å². The Morgan fingerprint density at radius 1 is 0.818 bits per heavy atom. The molecule has 2 N–H and O–H groups in total. The normalized spacial score (nSPS) is 21.9. The van der Waals surface area contributed by atoms with E-state index in [9.17, 15) is 4.79 Å². The molecule has 0 radical (unpaired) electrons. The highest BCUT2D eigenvalue weighted by molar-refractivity contribution is 5.70. The van der Waals surface area contributed by atoms with E-state index in [2.05, 4.69) is 0 Å². The Labute approximate surface area is 135 Å². The van der Waals surface area contributed by atoms with Crippen LogP contribution >= 0.6 is 0 Å². The molecule has 1 fully saturated rings. The van der Waals surface area contributed by atoms with Crippen LogP contribution in [0.3, 0.4) is 0 Å². The molecule has 0 amide bonds. The zero-order valence-electron chi connectivity index (χ0n) is 14.0. The Balaban J connectivity index is 1.81. The van der Waals surface area contributed by atoms with Crippen molar-refractivity contribution in [1.29, 1.82) is 0 Å². The van der Waals surface area contributed by atoms with E-state index in [1.165, 1.54) is 38.5 Å². The number of carboxylic acids is 1. The zero-order chi connectivity index (χ0) is 16.0. The van der Waals surface area contributed by atoms with Crippen LogP contribution < -0.4 is 0 Å². The van der Waals surface area contributed by atoms with E-state index < -0.39 is 5.97 Å². The van der Waals surface area contributed by atoms with Gasteiger partial charge in [-0.25, -0.2) is 0 Å². The van der Waals surface area contributed by atoms with Gasteiger partial charge in [-0.15, -0.1) is 0 Å². The molecule has 0 aromatic heterocycles. The first-order valence-electron chi connectivity index (χ1n) is 9.19. The number of aliphatic carboxylic acids is 1. The molecule has 0 aliphatic heterocycles. The van der Waals surface area contributed by atoms with E-state index in [-0.39, 0.29) is 5.92 Å². The monoisotopic (exact) mass is 314 g/mol. The average Bonchev–Trinajstić information content (AvgIpc) is 2.53. The number of unbranched alkanes of at least 4 members (excludes halogenated alkanes) is 8. The quantitative estimate of drug-likeness (QED) is 0.501. The van der Waals surface area contributed by atoms with Crippen molar-refractivity contribution in [3.63, 3.8) is 0 Å². The largest absolute Gasteiger partial charge is 0.481 e. The lowest BCUT2D eigenvalue weighted by molar-refractivity contribution is -0.143. The Morgan fingerprint density at radius 2 is 1.32 bits per heavy atom. The van der Waals surface area contributed by atoms with Gasteiger partial charge >= 0.3 is 5.97 Å². The first-order chi connectivity index (χ1) is 10.7. The van der Waals surface area contributed by atoms with Crippen LogP contribution in [0, 0.1) is 5.92 Å². The second-order valence-corrected chi connectivity index (χ2v) is 6.59. The third-order valence-electron chi connectivity index (χ3n) is 4.68. The summed E-state index contributed by atoms with van der Waals surface area (Å²) >= 11 is 0. The van der Waals surface area contributed by atoms with Crippen LogP contribution in [0.25, 0.3) is 0 Å². The second kappa shape index (κ2) is 12.9. The number of aliphatic hydroxyl groups is 1. The molecule has 1 rings (SSSR count). The fraction of sp³-hybridized carbons (Fsp3) is 0.944. The summed E-state index contributed by atoms with van der Waals surface area (Å²) in [5, 5.41) is 17.6. The van der Waals surface area contributed by atoms with Crippen molar-refractivity contribution >= 4 is 5.97 Å². The van der Waals surface area contributed by atoms with Gasteiger partial charge in [0.1, 0.15) is 0 Å². The summed E-state index contributed by atoms with van der Waals surface area (Å²) in [6, 6.07) is 0. The maximum absolute atomic E-state index is 10.9. The standard InChI is InChI=1S/C18H34O4/c19-14-8-6-4-2-1-3-5-7-9-15-22-17-12-10-16(11-13-17)18(20)21/h16-17,19H,1-15H2,(H,20,21)/t16-,17-. The first-order valence-corrected chi connectivity index (χ1v) is 9.19. The van der Waals surface area contributed by atoms with Gasteiger partial charge in [-0.05, 0) is 38.5 Å². The van der Waals surface area contributed by atoms with Crippen LogP contribution in [-0.4, -0.2) is 35.5 Å². The minimum Gasteiger partial charge on any atom is -0.481 e. The van der Waals surface area contributed by atoms with Gasteiger partial charge in [-0.1, -0.05) is 44.9 Å². The minimum atomic E-state index is -0.644. The molecule has 0 aromatic rings. The van der Waals surface area contributed by atoms with E-state index in [0.29, 0.717) is 12.7 Å². The average molecular weight is 314 g/mol. The Morgan fingerprint density at radius 3 is 1.82 bits per heavy atom. The predicted molar refractivity (Wildman–Crippen MR) is 88.0 cm³/mol. The summed E-state index contributed by atoms with van der Waals surface area (Å²) in [5.74, 6) is -0.785. The van der Waals surface area contributed by atoms with Gasteiger partial charge in [0.25, 0.3) is 0 Å². The highest BCUT2D eigenvalue weighted by Gasteiger charge is 2.25. The zero-order valence-corrected chi connectivity index (χ0v) is 14.0. The smallest absolute Gasteiger partial charge is 0.306 e. The van der Waals surface area contributed by atoms with Crippen molar-refractivity contribution in [1.82, 2.24) is 0 Å². The molecule has 4 heteroatoms. The lowest BCUT2D eigenvalue weighted by Gasteiger charge is -2.26. The van der Waals surface area contributed by atoms with Gasteiger partial charge in [0.2, 0.25) is 0 Å². The van der Waals surface area contributed by atoms with E-state index in [0.717, 1.165) is 51.6 Å². The lowest BCUT2D eigenvalue weighted by atomic mass is 9.87. The van der Waals surface area contributed by atoms with Crippen LogP contribution in [0.4, 0.5) is 0 Å². The highest BCUT2D eigenvalue weighted by Crippen LogP contribution is 2.26. The lowest BCUT2D eigenvalue weighted by Crippen LogP contribution is -2.26. The van der Waals surface area contributed by atoms with Gasteiger partial charge in [-0.3, -0.25) is 4.79 Å². The van der Waals surface area contributed by atoms with Gasteiger partial charge in [0.05, 0.1) is 12.0 Å². The number of rotatable bonds is 13. The summed E-state index contributed by atoms with van der Waals surface area (Å²) in [6.07, 6.45) is 14.6. The van der Waals surface area contributed by atoms with Crippen molar-refractivity contribution in [3.8, 4) is 0 Å². The molecule has 130 valence electrons. The van der Waals surface area contributed by atoms with Crippen molar-refractivity contribution in [2.24, 2.45) is 5.92 Å². The molecule has 22 heavy (non-hydrogen) atoms. The third kappa shape index (κ3) is 9.42. The number of aliphatic hydroxyl groups excluding tert-OH is 1. The van der Waals surface area contributed by atoms with E-state index in [4.69, 9.17) is 14.9 Å². The maximum Gasteiger partial charge on any atom is 0.306 e. The Kier molecular flexibility index (Phi) is 11.4. The first kappa shape index (κ1) is 19.4. The van der Waals surface area contributed by atoms with Crippen molar-refractivity contribution < 1.29 is 19.7 Å². The third-order valence-corrected chi connectivity index (χ3v) is 4.68. The number of carboxylic acid groups (broad SMARTS) is 1. The maximum atomic E-state index is 10.9. The molecular weight excluding hydrogens is 280 g/mol. The summed E-state index contributed by atoms with van der Waals surface area (Å²) in [6.45, 7) is 1.16. The summed E-state index contributed by atoms with van der Waals surface area (Å²) in [7, 11) is 0. The number of ether oxygens (including phenoxy) is 1. The molecule has 1 saturated carbocycles. The van der Waals surface area contributed by atoms with Crippen LogP contribution in [-0.2, 0) is 9.53 Å². The summed E-state index contributed by atoms with van der Waals surface area (Å²) < 4.78 is 5.87. The number of hydrogen-bond donors (Lipinski definition) is 2. The van der Waals surface area contributed by atoms with Crippen LogP contribution in [0.15, 0.2) is 0 Å². The topological polar surface area (TPSA) is 66.8 Å². The molecule has 0 atom stereocenters. The highest BCUT2D eigenvalue weighted by atomic mass is 16.5. The fourth-order valence-electron chi connectivity index (χ4n) is 3.18. The van der Waals surface area contributed by atoms with E-state index in [1.54, 1.807) is 0 Å². The molecule has 0 saturated heterocycles. The van der Waals surface area contributed by atoms with Gasteiger partial charge in [-0.2, -0.15) is 0 Å². The van der Waals surface area contributed by atoms with Crippen LogP contribution in [0.1, 0.15) is 83.5 Å². The molecule has 0 heterocycles. The Bertz CT molecular complexity index is 272. The summed E-state index contributed by atoms with van der Waals surface area (Å²) in [4.78, 5) is 10.9. The van der Waals surface area contributed by atoms with Gasteiger partial charge in [0.15, 0.2) is 0 Å². The van der Waals surface area contributed by atoms with Crippen molar-refractivity contribution in [2.75, 3.05) is 13.2 Å². The van der Waals surface area contributed by atoms with E-state index in [1.807, 2.05) is 0 Å². The molecule has 0 spiro atoms. The minimum absolute atomic E-state index is 0.141. The van der Waals surface area contributed by atoms with Gasteiger partial charge < -0.3 is 14.9 Å². The van der Waals surface area contributed by atoms with Crippen molar-refractivity contribution in [3.05, 3.63) is 0 Å². The molecular formula is C18H34O4. The fourth-order valence-corrected chi connectivity index (χ4v) is 3.18. The van der Waals surface area contributed by atoms with E-state index >= 15 is 0 Å². The SMILES string of the molecule is O=C(O)[C@H]1CC[C@H](OCCCCCCCCCCCO)CC1. The molecule has 0 aromatic carbocycles. The number of carbonyl (C=O) groups is 1. The predicted octanol–water partition coefficient (Wildman–Crippen LogP) is 4.15.